The number of benzene rings is 1. The first-order valence-electron chi connectivity index (χ1n) is 4.44. The Hall–Kier alpha value is -1.95. The van der Waals surface area contributed by atoms with Gasteiger partial charge in [-0.2, -0.15) is 0 Å². The van der Waals surface area contributed by atoms with Crippen LogP contribution in [-0.4, -0.2) is 4.68 Å². The van der Waals surface area contributed by atoms with Crippen molar-refractivity contribution in [3.8, 4) is 12.3 Å². The van der Waals surface area contributed by atoms with Crippen LogP contribution in [0, 0.1) is 19.3 Å². The van der Waals surface area contributed by atoms with Gasteiger partial charge >= 0.3 is 0 Å². The van der Waals surface area contributed by atoms with Gasteiger partial charge in [-0.15, -0.1) is 11.1 Å². The number of nitrogen functional groups attached to an aromatic ring is 1. The molecule has 0 aliphatic carbocycles. The fourth-order valence-corrected chi connectivity index (χ4v) is 1.67. The largest absolute Gasteiger partial charge is 0.278 e. The maximum atomic E-state index is 5.90. The number of nitrogens with two attached hydrogens (primary N) is 1. The number of nitrogens with zero attached hydrogens (tertiary/aromatic N) is 2. The van der Waals surface area contributed by atoms with Crippen LogP contribution in [0.4, 0.5) is 0 Å². The zero-order valence-corrected chi connectivity index (χ0v) is 8.07. The molecule has 1 heterocycles. The van der Waals surface area contributed by atoms with Gasteiger partial charge in [0.25, 0.3) is 5.82 Å². The molecule has 1 aromatic carbocycles. The molecule has 2 N–H and O–H groups in total. The van der Waals surface area contributed by atoms with Crippen LogP contribution in [0.25, 0.3) is 11.0 Å². The molecule has 0 bridgehead atoms. The van der Waals surface area contributed by atoms with E-state index in [-0.39, 0.29) is 0 Å². The second-order valence-corrected chi connectivity index (χ2v) is 3.20. The minimum absolute atomic E-state index is 0.552. The maximum absolute atomic E-state index is 5.90. The molecule has 0 spiro atoms. The van der Waals surface area contributed by atoms with E-state index in [1.807, 2.05) is 35.8 Å². The van der Waals surface area contributed by atoms with Crippen LogP contribution in [0.2, 0.25) is 0 Å². The van der Waals surface area contributed by atoms with Gasteiger partial charge in [0, 0.05) is 6.92 Å². The number of hydrogen-bond acceptors (Lipinski definition) is 1. The Morgan fingerprint density at radius 2 is 2.21 bits per heavy atom. The third-order valence-corrected chi connectivity index (χ3v) is 2.42. The molecule has 0 aliphatic heterocycles. The summed E-state index contributed by atoms with van der Waals surface area (Å²) in [6.45, 7) is 2.51. The summed E-state index contributed by atoms with van der Waals surface area (Å²) < 4.78 is 3.68. The molecule has 2 rings (SSSR count). The first kappa shape index (κ1) is 8.64. The summed E-state index contributed by atoms with van der Waals surface area (Å²) in [7, 11) is 0. The molecular formula is C11H12N3+. The summed E-state index contributed by atoms with van der Waals surface area (Å²) in [6.07, 6.45) is 5.31. The smallest absolute Gasteiger partial charge is 0.268 e. The van der Waals surface area contributed by atoms with E-state index in [1.54, 1.807) is 4.68 Å². The van der Waals surface area contributed by atoms with Gasteiger partial charge in [-0.25, -0.2) is 4.57 Å². The van der Waals surface area contributed by atoms with Gasteiger partial charge < -0.3 is 0 Å². The van der Waals surface area contributed by atoms with Crippen molar-refractivity contribution in [3.05, 3.63) is 30.1 Å². The first-order chi connectivity index (χ1) is 6.75. The number of rotatable bonds is 1. The van der Waals surface area contributed by atoms with E-state index in [4.69, 9.17) is 12.3 Å². The van der Waals surface area contributed by atoms with Gasteiger partial charge in [0.2, 0.25) is 0 Å². The van der Waals surface area contributed by atoms with Gasteiger partial charge in [-0.05, 0) is 12.1 Å². The summed E-state index contributed by atoms with van der Waals surface area (Å²) >= 11 is 0. The van der Waals surface area contributed by atoms with Crippen molar-refractivity contribution in [2.75, 3.05) is 5.84 Å². The first-order valence-corrected chi connectivity index (χ1v) is 4.44. The quantitative estimate of drug-likeness (QED) is 0.395. The fourth-order valence-electron chi connectivity index (χ4n) is 1.67. The molecule has 2 aromatic rings. The van der Waals surface area contributed by atoms with E-state index in [0.29, 0.717) is 6.54 Å². The normalized spacial score (nSPS) is 10.3. The summed E-state index contributed by atoms with van der Waals surface area (Å²) in [5.41, 5.74) is 2.07. The summed E-state index contributed by atoms with van der Waals surface area (Å²) in [5, 5.41) is 0. The predicted molar refractivity (Wildman–Crippen MR) is 55.9 cm³/mol. The molecule has 0 aliphatic rings. The fraction of sp³-hybridized carbons (Fsp3) is 0.182. The van der Waals surface area contributed by atoms with Crippen LogP contribution < -0.4 is 10.4 Å². The molecule has 70 valence electrons. The summed E-state index contributed by atoms with van der Waals surface area (Å²) in [5.74, 6) is 9.48. The number of hydrogen-bond donors (Lipinski definition) is 1. The van der Waals surface area contributed by atoms with E-state index in [2.05, 4.69) is 5.92 Å². The maximum Gasteiger partial charge on any atom is 0.278 e. The van der Waals surface area contributed by atoms with Crippen molar-refractivity contribution in [3.63, 3.8) is 0 Å². The van der Waals surface area contributed by atoms with Gasteiger partial charge in [-0.3, -0.25) is 5.84 Å². The minimum Gasteiger partial charge on any atom is -0.268 e. The third-order valence-electron chi connectivity index (χ3n) is 2.42. The molecule has 0 radical (unpaired) electrons. The van der Waals surface area contributed by atoms with Crippen molar-refractivity contribution in [2.24, 2.45) is 0 Å². The number of imidazole rings is 1. The van der Waals surface area contributed by atoms with Crippen LogP contribution in [0.1, 0.15) is 5.82 Å². The van der Waals surface area contributed by atoms with E-state index in [1.165, 1.54) is 0 Å². The Labute approximate surface area is 82.7 Å². The highest BCUT2D eigenvalue weighted by atomic mass is 15.3. The number of para-hydroxylation sites is 2. The molecule has 14 heavy (non-hydrogen) atoms. The average molecular weight is 186 g/mol. The molecule has 0 fully saturated rings. The Balaban J connectivity index is 2.82. The van der Waals surface area contributed by atoms with Gasteiger partial charge in [-0.1, -0.05) is 18.1 Å². The molecule has 1 aromatic heterocycles. The Morgan fingerprint density at radius 3 is 2.93 bits per heavy atom. The highest BCUT2D eigenvalue weighted by Gasteiger charge is 2.17. The lowest BCUT2D eigenvalue weighted by Crippen LogP contribution is -2.36. The molecule has 0 saturated heterocycles. The van der Waals surface area contributed by atoms with Crippen molar-refractivity contribution in [1.82, 2.24) is 4.68 Å². The molecule has 0 unspecified atom stereocenters. The molecule has 3 nitrogen and oxygen atoms in total. The van der Waals surface area contributed by atoms with Crippen LogP contribution in [0.5, 0.6) is 0 Å². The van der Waals surface area contributed by atoms with Gasteiger partial charge in [0.15, 0.2) is 17.6 Å². The molecular weight excluding hydrogens is 174 g/mol. The second-order valence-electron chi connectivity index (χ2n) is 3.20. The van der Waals surface area contributed by atoms with Crippen molar-refractivity contribution < 1.29 is 4.57 Å². The highest BCUT2D eigenvalue weighted by Crippen LogP contribution is 2.10. The van der Waals surface area contributed by atoms with Crippen LogP contribution in [0.15, 0.2) is 24.3 Å². The lowest BCUT2D eigenvalue weighted by atomic mass is 10.3. The standard InChI is InChI=1S/C11H12N3/c1-3-8-13-9(2)14(12)11-7-5-4-6-10(11)13/h1,4-7H,8,12H2,2H3/q+1. The monoisotopic (exact) mass is 186 g/mol. The van der Waals surface area contributed by atoms with E-state index >= 15 is 0 Å². The predicted octanol–water partition coefficient (Wildman–Crippen LogP) is 0.584. The second kappa shape index (κ2) is 3.08. The minimum atomic E-state index is 0.552. The molecule has 0 amide bonds. The topological polar surface area (TPSA) is 34.8 Å². The Bertz CT molecular complexity index is 517. The molecule has 0 saturated carbocycles. The van der Waals surface area contributed by atoms with Crippen molar-refractivity contribution in [1.29, 1.82) is 0 Å². The summed E-state index contributed by atoms with van der Waals surface area (Å²) in [4.78, 5) is 0. The zero-order valence-electron chi connectivity index (χ0n) is 8.07. The van der Waals surface area contributed by atoms with Gasteiger partial charge in [0.1, 0.15) is 0 Å². The zero-order chi connectivity index (χ0) is 10.1. The van der Waals surface area contributed by atoms with Crippen LogP contribution >= 0.6 is 0 Å². The summed E-state index contributed by atoms with van der Waals surface area (Å²) in [6, 6.07) is 7.94. The lowest BCUT2D eigenvalue weighted by molar-refractivity contribution is -0.665. The van der Waals surface area contributed by atoms with E-state index in [0.717, 1.165) is 16.9 Å². The highest BCUT2D eigenvalue weighted by molar-refractivity contribution is 5.72. The van der Waals surface area contributed by atoms with Crippen molar-refractivity contribution in [2.45, 2.75) is 13.5 Å². The van der Waals surface area contributed by atoms with Gasteiger partial charge in [0.05, 0.1) is 0 Å². The number of aromatic nitrogens is 2. The van der Waals surface area contributed by atoms with E-state index in [9.17, 15) is 0 Å². The number of fused-ring (bicyclic) bond motifs is 1. The van der Waals surface area contributed by atoms with Crippen LogP contribution in [-0.2, 0) is 6.54 Å². The lowest BCUT2D eigenvalue weighted by Gasteiger charge is -1.91. The van der Waals surface area contributed by atoms with Crippen LogP contribution in [0.3, 0.4) is 0 Å². The Kier molecular flexibility index (Phi) is 1.90. The Morgan fingerprint density at radius 1 is 1.50 bits per heavy atom. The number of terminal acetylenes is 1. The average Bonchev–Trinajstić information content (AvgIpc) is 2.45. The van der Waals surface area contributed by atoms with Crippen molar-refractivity contribution >= 4 is 11.0 Å². The molecule has 0 atom stereocenters. The van der Waals surface area contributed by atoms with E-state index < -0.39 is 0 Å². The third kappa shape index (κ3) is 1.05. The SMILES string of the molecule is C#CC[n+]1c(C)n(N)c2ccccc21. The molecule has 3 heteroatoms.